The molecule has 0 radical (unpaired) electrons. The number of carboxylic acid groups (broad SMARTS) is 1. The van der Waals surface area contributed by atoms with Crippen LogP contribution in [0.25, 0.3) is 11.0 Å². The van der Waals surface area contributed by atoms with Gasteiger partial charge in [-0.25, -0.2) is 18.4 Å². The summed E-state index contributed by atoms with van der Waals surface area (Å²) in [5.74, 6) is -4.05. The van der Waals surface area contributed by atoms with Crippen LogP contribution in [0.3, 0.4) is 0 Å². The minimum absolute atomic E-state index is 0.210. The minimum Gasteiger partial charge on any atom is -0.481 e. The Morgan fingerprint density at radius 2 is 2.08 bits per heavy atom. The number of aromatic amines is 1. The van der Waals surface area contributed by atoms with E-state index in [1.807, 2.05) is 0 Å². The van der Waals surface area contributed by atoms with Crippen LogP contribution in [0.15, 0.2) is 11.0 Å². The Kier molecular flexibility index (Phi) is 3.23. The number of H-pyrrole nitrogens is 1. The zero-order chi connectivity index (χ0) is 17.1. The van der Waals surface area contributed by atoms with E-state index in [-0.39, 0.29) is 43.2 Å². The molecule has 0 amide bonds. The quantitative estimate of drug-likeness (QED) is 0.892. The van der Waals surface area contributed by atoms with Gasteiger partial charge in [-0.15, -0.1) is 0 Å². The van der Waals surface area contributed by atoms with Crippen molar-refractivity contribution in [3.05, 3.63) is 22.4 Å². The highest BCUT2D eigenvalue weighted by Crippen LogP contribution is 2.46. The fraction of sp³-hybridized carbons (Fsp3) is 0.600. The lowest BCUT2D eigenvalue weighted by Gasteiger charge is -2.28. The first-order valence-electron chi connectivity index (χ1n) is 7.94. The maximum atomic E-state index is 13.3. The number of halogens is 2. The SMILES string of the molecule is O=C(O)[C@H]1C[C@@H]1c1nc2c(cnn2C2CCC(F)(F)CC2)c(=O)[nH]1. The summed E-state index contributed by atoms with van der Waals surface area (Å²) in [7, 11) is 0. The lowest BCUT2D eigenvalue weighted by molar-refractivity contribution is -0.138. The molecule has 128 valence electrons. The van der Waals surface area contributed by atoms with Crippen molar-refractivity contribution in [2.24, 2.45) is 5.92 Å². The van der Waals surface area contributed by atoms with Gasteiger partial charge in [0, 0.05) is 18.8 Å². The predicted molar refractivity (Wildman–Crippen MR) is 79.1 cm³/mol. The Morgan fingerprint density at radius 1 is 1.38 bits per heavy atom. The molecule has 0 spiro atoms. The number of rotatable bonds is 3. The van der Waals surface area contributed by atoms with Crippen molar-refractivity contribution >= 4 is 17.0 Å². The van der Waals surface area contributed by atoms with Crippen LogP contribution in [0.1, 0.15) is 49.9 Å². The number of carbonyl (C=O) groups is 1. The molecule has 7 nitrogen and oxygen atoms in total. The lowest BCUT2D eigenvalue weighted by atomic mass is 9.92. The predicted octanol–water partition coefficient (Wildman–Crippen LogP) is 2.06. The van der Waals surface area contributed by atoms with E-state index in [1.54, 1.807) is 4.68 Å². The van der Waals surface area contributed by atoms with Gasteiger partial charge in [0.2, 0.25) is 5.92 Å². The number of aromatic nitrogens is 4. The summed E-state index contributed by atoms with van der Waals surface area (Å²) in [6.07, 6.45) is 1.95. The molecule has 0 unspecified atom stereocenters. The first-order valence-corrected chi connectivity index (χ1v) is 7.94. The molecule has 2 fully saturated rings. The number of nitrogens with zero attached hydrogens (tertiary/aromatic N) is 3. The van der Waals surface area contributed by atoms with E-state index in [9.17, 15) is 18.4 Å². The van der Waals surface area contributed by atoms with E-state index in [2.05, 4.69) is 15.1 Å². The van der Waals surface area contributed by atoms with Gasteiger partial charge < -0.3 is 10.1 Å². The Morgan fingerprint density at radius 3 is 2.71 bits per heavy atom. The number of alkyl halides is 2. The summed E-state index contributed by atoms with van der Waals surface area (Å²) < 4.78 is 28.2. The highest BCUT2D eigenvalue weighted by molar-refractivity contribution is 5.76. The number of nitrogens with one attached hydrogen (secondary N) is 1. The van der Waals surface area contributed by atoms with Crippen LogP contribution in [0.4, 0.5) is 8.78 Å². The summed E-state index contributed by atoms with van der Waals surface area (Å²) in [5, 5.41) is 13.5. The molecule has 0 aromatic carbocycles. The van der Waals surface area contributed by atoms with E-state index < -0.39 is 17.8 Å². The Hall–Kier alpha value is -2.32. The molecule has 2 aliphatic carbocycles. The minimum atomic E-state index is -2.64. The van der Waals surface area contributed by atoms with Crippen molar-refractivity contribution < 1.29 is 18.7 Å². The third kappa shape index (κ3) is 2.47. The number of hydrogen-bond donors (Lipinski definition) is 2. The molecule has 2 N–H and O–H groups in total. The zero-order valence-corrected chi connectivity index (χ0v) is 12.7. The maximum Gasteiger partial charge on any atom is 0.307 e. The van der Waals surface area contributed by atoms with Crippen molar-refractivity contribution in [2.45, 2.75) is 50.0 Å². The molecule has 2 aliphatic rings. The van der Waals surface area contributed by atoms with Crippen molar-refractivity contribution in [3.63, 3.8) is 0 Å². The second-order valence-corrected chi connectivity index (χ2v) is 6.65. The summed E-state index contributed by atoms with van der Waals surface area (Å²) >= 11 is 0. The smallest absolute Gasteiger partial charge is 0.307 e. The summed E-state index contributed by atoms with van der Waals surface area (Å²) in [6, 6.07) is -0.223. The number of hydrogen-bond acceptors (Lipinski definition) is 4. The molecule has 24 heavy (non-hydrogen) atoms. The summed E-state index contributed by atoms with van der Waals surface area (Å²) in [5.41, 5.74) is -0.0292. The van der Waals surface area contributed by atoms with Gasteiger partial charge >= 0.3 is 5.97 Å². The normalized spacial score (nSPS) is 26.6. The standard InChI is InChI=1S/C15H16F2N4O3/c16-15(17)3-1-7(2-4-15)21-12-10(6-18-21)13(22)20-11(19-12)8-5-9(8)14(23)24/h6-9H,1-5H2,(H,23,24)(H,19,20,22)/t8-,9-/m0/s1. The Labute approximate surface area is 134 Å². The number of carboxylic acids is 1. The van der Waals surface area contributed by atoms with Crippen LogP contribution >= 0.6 is 0 Å². The largest absolute Gasteiger partial charge is 0.481 e. The molecule has 0 bridgehead atoms. The van der Waals surface area contributed by atoms with Gasteiger partial charge in [-0.2, -0.15) is 5.10 Å². The summed E-state index contributed by atoms with van der Waals surface area (Å²) in [4.78, 5) is 30.2. The lowest BCUT2D eigenvalue weighted by Crippen LogP contribution is -2.27. The average molecular weight is 338 g/mol. The van der Waals surface area contributed by atoms with Crippen molar-refractivity contribution in [2.75, 3.05) is 0 Å². The molecule has 4 rings (SSSR count). The first kappa shape index (κ1) is 15.2. The fourth-order valence-electron chi connectivity index (χ4n) is 3.44. The molecule has 9 heteroatoms. The van der Waals surface area contributed by atoms with Crippen molar-refractivity contribution in [1.82, 2.24) is 19.7 Å². The monoisotopic (exact) mass is 338 g/mol. The molecule has 2 saturated carbocycles. The van der Waals surface area contributed by atoms with Crippen molar-refractivity contribution in [1.29, 1.82) is 0 Å². The number of fused-ring (bicyclic) bond motifs is 1. The zero-order valence-electron chi connectivity index (χ0n) is 12.7. The summed E-state index contributed by atoms with van der Waals surface area (Å²) in [6.45, 7) is 0. The van der Waals surface area contributed by atoms with Crippen LogP contribution in [-0.4, -0.2) is 36.7 Å². The molecule has 0 aliphatic heterocycles. The highest BCUT2D eigenvalue weighted by Gasteiger charge is 2.46. The molecule has 2 atom stereocenters. The van der Waals surface area contributed by atoms with E-state index in [4.69, 9.17) is 5.11 Å². The van der Waals surface area contributed by atoms with Gasteiger partial charge in [0.05, 0.1) is 18.2 Å². The van der Waals surface area contributed by atoms with Gasteiger partial charge in [-0.1, -0.05) is 0 Å². The van der Waals surface area contributed by atoms with Gasteiger partial charge in [-0.3, -0.25) is 9.59 Å². The Bertz CT molecular complexity index is 865. The van der Waals surface area contributed by atoms with Crippen LogP contribution < -0.4 is 5.56 Å². The maximum absolute atomic E-state index is 13.3. The topological polar surface area (TPSA) is 101 Å². The van der Waals surface area contributed by atoms with E-state index in [0.29, 0.717) is 23.3 Å². The Balaban J connectivity index is 1.69. The van der Waals surface area contributed by atoms with Gasteiger partial charge in [0.25, 0.3) is 5.56 Å². The molecular formula is C15H16F2N4O3. The van der Waals surface area contributed by atoms with E-state index >= 15 is 0 Å². The molecule has 2 aromatic heterocycles. The van der Waals surface area contributed by atoms with Gasteiger partial charge in [0.15, 0.2) is 5.65 Å². The van der Waals surface area contributed by atoms with Crippen LogP contribution in [0.5, 0.6) is 0 Å². The average Bonchev–Trinajstić information content (AvgIpc) is 3.22. The second kappa shape index (κ2) is 5.09. The van der Waals surface area contributed by atoms with Gasteiger partial charge in [-0.05, 0) is 19.3 Å². The fourth-order valence-corrected chi connectivity index (χ4v) is 3.44. The van der Waals surface area contributed by atoms with Crippen LogP contribution in [-0.2, 0) is 4.79 Å². The van der Waals surface area contributed by atoms with E-state index in [0.717, 1.165) is 0 Å². The van der Waals surface area contributed by atoms with Crippen molar-refractivity contribution in [3.8, 4) is 0 Å². The molecule has 2 aromatic rings. The third-order valence-corrected chi connectivity index (χ3v) is 4.97. The van der Waals surface area contributed by atoms with Crippen LogP contribution in [0.2, 0.25) is 0 Å². The van der Waals surface area contributed by atoms with Gasteiger partial charge in [0.1, 0.15) is 11.2 Å². The van der Waals surface area contributed by atoms with Crippen LogP contribution in [0, 0.1) is 5.92 Å². The van der Waals surface area contributed by atoms with E-state index in [1.165, 1.54) is 6.20 Å². The number of aliphatic carboxylic acids is 1. The molecular weight excluding hydrogens is 322 g/mol. The third-order valence-electron chi connectivity index (χ3n) is 4.97. The molecule has 2 heterocycles. The second-order valence-electron chi connectivity index (χ2n) is 6.65. The highest BCUT2D eigenvalue weighted by atomic mass is 19.3. The molecule has 0 saturated heterocycles. The first-order chi connectivity index (χ1) is 11.4.